The lowest BCUT2D eigenvalue weighted by Crippen LogP contribution is -2.45. The van der Waals surface area contributed by atoms with Crippen LogP contribution in [-0.2, 0) is 0 Å². The van der Waals surface area contributed by atoms with Gasteiger partial charge in [0.1, 0.15) is 23.6 Å². The van der Waals surface area contributed by atoms with Crippen LogP contribution in [0.4, 0.5) is 11.5 Å². The Morgan fingerprint density at radius 2 is 2.11 bits per heavy atom. The second kappa shape index (κ2) is 4.98. The molecule has 0 N–H and O–H groups in total. The molecule has 2 rings (SSSR count). The monoisotopic (exact) mass is 247 g/mol. The number of nitro groups is 1. The van der Waals surface area contributed by atoms with Crippen molar-refractivity contribution < 1.29 is 4.92 Å². The molecule has 0 saturated carbocycles. The average molecular weight is 247 g/mol. The Labute approximate surface area is 104 Å². The van der Waals surface area contributed by atoms with Crippen LogP contribution in [0.3, 0.4) is 0 Å². The Hall–Kier alpha value is -2.20. The van der Waals surface area contributed by atoms with Crippen molar-refractivity contribution in [3.05, 3.63) is 27.9 Å². The van der Waals surface area contributed by atoms with Gasteiger partial charge in [-0.2, -0.15) is 5.26 Å². The van der Waals surface area contributed by atoms with Crippen LogP contribution in [0.5, 0.6) is 0 Å². The van der Waals surface area contributed by atoms with Gasteiger partial charge in [0, 0.05) is 32.2 Å². The molecule has 2 heterocycles. The van der Waals surface area contributed by atoms with Crippen LogP contribution in [0.1, 0.15) is 5.56 Å². The van der Waals surface area contributed by atoms with Crippen LogP contribution in [0.25, 0.3) is 0 Å². The fraction of sp³-hybridized carbons (Fsp3) is 0.455. The van der Waals surface area contributed by atoms with E-state index in [0.29, 0.717) is 5.82 Å². The number of pyridine rings is 1. The van der Waals surface area contributed by atoms with Crippen LogP contribution in [0.2, 0.25) is 0 Å². The summed E-state index contributed by atoms with van der Waals surface area (Å²) in [4.78, 5) is 18.3. The summed E-state index contributed by atoms with van der Waals surface area (Å²) in [5.41, 5.74) is 0.109. The summed E-state index contributed by atoms with van der Waals surface area (Å²) in [6.45, 7) is 3.33. The van der Waals surface area contributed by atoms with E-state index in [0.717, 1.165) is 26.2 Å². The van der Waals surface area contributed by atoms with E-state index < -0.39 is 4.92 Å². The summed E-state index contributed by atoms with van der Waals surface area (Å²) in [6.07, 6.45) is 1.20. The third-order valence-electron chi connectivity index (χ3n) is 2.99. The molecule has 0 unspecified atom stereocenters. The van der Waals surface area contributed by atoms with Gasteiger partial charge >= 0.3 is 0 Å². The summed E-state index contributed by atoms with van der Waals surface area (Å²) in [5.74, 6) is 0.538. The zero-order valence-electron chi connectivity index (χ0n) is 10.0. The number of hydrogen-bond donors (Lipinski definition) is 0. The Bertz CT molecular complexity index is 503. The van der Waals surface area contributed by atoms with Crippen molar-refractivity contribution in [2.24, 2.45) is 0 Å². The fourth-order valence-corrected chi connectivity index (χ4v) is 1.90. The van der Waals surface area contributed by atoms with Gasteiger partial charge in [-0.15, -0.1) is 0 Å². The molecule has 7 heteroatoms. The van der Waals surface area contributed by atoms with E-state index in [4.69, 9.17) is 5.26 Å². The van der Waals surface area contributed by atoms with Gasteiger partial charge in [0.05, 0.1) is 4.92 Å². The Balaban J connectivity index is 2.28. The molecule has 0 spiro atoms. The normalized spacial score (nSPS) is 16.3. The van der Waals surface area contributed by atoms with Crippen molar-refractivity contribution in [3.8, 4) is 6.07 Å². The van der Waals surface area contributed by atoms with Gasteiger partial charge in [-0.25, -0.2) is 4.98 Å². The van der Waals surface area contributed by atoms with Crippen molar-refractivity contribution in [1.29, 1.82) is 5.26 Å². The summed E-state index contributed by atoms with van der Waals surface area (Å²) in [5, 5.41) is 19.7. The Kier molecular flexibility index (Phi) is 3.39. The van der Waals surface area contributed by atoms with Gasteiger partial charge < -0.3 is 9.80 Å². The van der Waals surface area contributed by atoms with Crippen molar-refractivity contribution >= 4 is 11.5 Å². The van der Waals surface area contributed by atoms with E-state index in [1.165, 1.54) is 12.3 Å². The highest BCUT2D eigenvalue weighted by atomic mass is 16.6. The molecule has 94 valence electrons. The first-order chi connectivity index (χ1) is 8.61. The van der Waals surface area contributed by atoms with Gasteiger partial charge in [-0.05, 0) is 7.05 Å². The largest absolute Gasteiger partial charge is 0.353 e. The summed E-state index contributed by atoms with van der Waals surface area (Å²) < 4.78 is 0. The fourth-order valence-electron chi connectivity index (χ4n) is 1.90. The molecular weight excluding hydrogens is 234 g/mol. The maximum absolute atomic E-state index is 10.6. The predicted molar refractivity (Wildman–Crippen MR) is 65.3 cm³/mol. The number of anilines is 1. The molecule has 1 saturated heterocycles. The topological polar surface area (TPSA) is 86.3 Å². The molecule has 1 aliphatic heterocycles. The number of piperazine rings is 1. The van der Waals surface area contributed by atoms with Crippen LogP contribution in [-0.4, -0.2) is 48.0 Å². The highest BCUT2D eigenvalue weighted by molar-refractivity contribution is 5.57. The molecule has 0 aliphatic carbocycles. The first-order valence-electron chi connectivity index (χ1n) is 5.60. The number of rotatable bonds is 2. The van der Waals surface area contributed by atoms with Crippen LogP contribution < -0.4 is 4.90 Å². The minimum Gasteiger partial charge on any atom is -0.353 e. The molecule has 7 nitrogen and oxygen atoms in total. The van der Waals surface area contributed by atoms with Gasteiger partial charge in [0.15, 0.2) is 0 Å². The lowest BCUT2D eigenvalue weighted by atomic mass is 10.2. The van der Waals surface area contributed by atoms with E-state index in [-0.39, 0.29) is 11.3 Å². The Morgan fingerprint density at radius 1 is 1.44 bits per heavy atom. The average Bonchev–Trinajstić information content (AvgIpc) is 2.39. The molecule has 1 fully saturated rings. The molecule has 0 aromatic carbocycles. The Morgan fingerprint density at radius 3 is 2.67 bits per heavy atom. The zero-order chi connectivity index (χ0) is 13.1. The van der Waals surface area contributed by atoms with Gasteiger partial charge in [0.25, 0.3) is 5.69 Å². The predicted octanol–water partition coefficient (Wildman–Crippen LogP) is 0.613. The van der Waals surface area contributed by atoms with Crippen molar-refractivity contribution in [3.63, 3.8) is 0 Å². The molecule has 1 aliphatic rings. The molecule has 0 amide bonds. The van der Waals surface area contributed by atoms with Gasteiger partial charge in [-0.1, -0.05) is 0 Å². The first kappa shape index (κ1) is 12.3. The number of likely N-dealkylation sites (N-methyl/N-ethyl adjacent to an activating group) is 1. The molecule has 0 bridgehead atoms. The second-order valence-electron chi connectivity index (χ2n) is 4.22. The van der Waals surface area contributed by atoms with E-state index >= 15 is 0 Å². The van der Waals surface area contributed by atoms with Gasteiger partial charge in [-0.3, -0.25) is 10.1 Å². The SMILES string of the molecule is CN1CCN(c2ncc([N+](=O)[O-])cc2C#N)CC1. The smallest absolute Gasteiger partial charge is 0.289 e. The van der Waals surface area contributed by atoms with Crippen molar-refractivity contribution in [2.45, 2.75) is 0 Å². The lowest BCUT2D eigenvalue weighted by molar-refractivity contribution is -0.385. The second-order valence-corrected chi connectivity index (χ2v) is 4.22. The highest BCUT2D eigenvalue weighted by Gasteiger charge is 2.20. The van der Waals surface area contributed by atoms with Gasteiger partial charge in [0.2, 0.25) is 0 Å². The number of nitriles is 1. The zero-order valence-corrected chi connectivity index (χ0v) is 10.0. The van der Waals surface area contributed by atoms with Crippen molar-refractivity contribution in [2.75, 3.05) is 38.1 Å². The maximum Gasteiger partial charge on any atom is 0.289 e. The van der Waals surface area contributed by atoms with E-state index in [1.807, 2.05) is 18.0 Å². The third kappa shape index (κ3) is 2.38. The molecular formula is C11H13N5O2. The number of hydrogen-bond acceptors (Lipinski definition) is 6. The third-order valence-corrected chi connectivity index (χ3v) is 2.99. The summed E-state index contributed by atoms with van der Waals surface area (Å²) >= 11 is 0. The van der Waals surface area contributed by atoms with Crippen LogP contribution in [0.15, 0.2) is 12.3 Å². The summed E-state index contributed by atoms with van der Waals surface area (Å²) in [6, 6.07) is 3.26. The molecule has 18 heavy (non-hydrogen) atoms. The van der Waals surface area contributed by atoms with E-state index in [9.17, 15) is 10.1 Å². The first-order valence-corrected chi connectivity index (χ1v) is 5.60. The minimum atomic E-state index is -0.540. The quantitative estimate of drug-likeness (QED) is 0.562. The molecule has 1 aromatic rings. The number of nitrogens with zero attached hydrogens (tertiary/aromatic N) is 5. The summed E-state index contributed by atoms with van der Waals surface area (Å²) in [7, 11) is 2.03. The maximum atomic E-state index is 10.6. The number of aromatic nitrogens is 1. The molecule has 0 atom stereocenters. The molecule has 1 aromatic heterocycles. The standard InChI is InChI=1S/C11H13N5O2/c1-14-2-4-15(5-3-14)11-9(7-12)6-10(8-13-11)16(17)18/h6,8H,2-5H2,1H3. The lowest BCUT2D eigenvalue weighted by Gasteiger charge is -2.33. The van der Waals surface area contributed by atoms with Crippen LogP contribution >= 0.6 is 0 Å². The highest BCUT2D eigenvalue weighted by Crippen LogP contribution is 2.22. The van der Waals surface area contributed by atoms with Crippen LogP contribution in [0, 0.1) is 21.4 Å². The van der Waals surface area contributed by atoms with Crippen molar-refractivity contribution in [1.82, 2.24) is 9.88 Å². The minimum absolute atomic E-state index is 0.149. The molecule has 0 radical (unpaired) electrons. The van der Waals surface area contributed by atoms with E-state index in [2.05, 4.69) is 9.88 Å². The van der Waals surface area contributed by atoms with E-state index in [1.54, 1.807) is 0 Å².